The molecule has 0 N–H and O–H groups in total. The van der Waals surface area contributed by atoms with Crippen LogP contribution in [-0.4, -0.2) is 36.0 Å². The number of hydrogen-bond donors (Lipinski definition) is 0. The number of ether oxygens (including phenoxy) is 1. The Bertz CT molecular complexity index is 603. The molecule has 19 heavy (non-hydrogen) atoms. The molecule has 0 spiro atoms. The van der Waals surface area contributed by atoms with E-state index in [4.69, 9.17) is 9.15 Å². The summed E-state index contributed by atoms with van der Waals surface area (Å²) in [4.78, 5) is 17.9. The molecule has 2 heterocycles. The Morgan fingerprint density at radius 2 is 2.21 bits per heavy atom. The molecule has 102 valence electrons. The normalized spacial score (nSPS) is 10.7. The van der Waals surface area contributed by atoms with Crippen molar-refractivity contribution in [3.05, 3.63) is 40.3 Å². The molecule has 0 atom stereocenters. The number of nitrogens with zero attached hydrogens (tertiary/aromatic N) is 4. The Hall–Kier alpha value is -2.15. The SMILES string of the molecule is COCc1nn(Cc2cccc(N(C)C)n2)c(=O)o1. The van der Waals surface area contributed by atoms with Crippen molar-refractivity contribution >= 4 is 5.82 Å². The van der Waals surface area contributed by atoms with Crippen LogP contribution in [0.15, 0.2) is 27.4 Å². The van der Waals surface area contributed by atoms with E-state index in [0.29, 0.717) is 0 Å². The fourth-order valence-corrected chi connectivity index (χ4v) is 1.59. The van der Waals surface area contributed by atoms with E-state index in [0.717, 1.165) is 11.5 Å². The number of hydrogen-bond acceptors (Lipinski definition) is 6. The fraction of sp³-hybridized carbons (Fsp3) is 0.417. The Morgan fingerprint density at radius 1 is 1.42 bits per heavy atom. The first kappa shape index (κ1) is 13.3. The smallest absolute Gasteiger partial charge is 0.390 e. The van der Waals surface area contributed by atoms with E-state index in [2.05, 4.69) is 10.1 Å². The highest BCUT2D eigenvalue weighted by Gasteiger charge is 2.09. The summed E-state index contributed by atoms with van der Waals surface area (Å²) < 4.78 is 11.0. The van der Waals surface area contributed by atoms with Gasteiger partial charge >= 0.3 is 5.76 Å². The van der Waals surface area contributed by atoms with E-state index in [9.17, 15) is 4.79 Å². The maximum absolute atomic E-state index is 11.6. The summed E-state index contributed by atoms with van der Waals surface area (Å²) in [6.07, 6.45) is 0. The minimum Gasteiger partial charge on any atom is -0.390 e. The van der Waals surface area contributed by atoms with E-state index in [1.54, 1.807) is 0 Å². The molecule has 0 unspecified atom stereocenters. The number of methoxy groups -OCH3 is 1. The molecule has 0 aromatic carbocycles. The van der Waals surface area contributed by atoms with Gasteiger partial charge in [0.25, 0.3) is 0 Å². The van der Waals surface area contributed by atoms with Gasteiger partial charge in [0, 0.05) is 21.2 Å². The van der Waals surface area contributed by atoms with Crippen LogP contribution in [0, 0.1) is 0 Å². The molecule has 2 aromatic rings. The molecule has 0 saturated heterocycles. The van der Waals surface area contributed by atoms with Crippen molar-refractivity contribution in [1.82, 2.24) is 14.8 Å². The van der Waals surface area contributed by atoms with Crippen LogP contribution in [-0.2, 0) is 17.9 Å². The third-order valence-corrected chi connectivity index (χ3v) is 2.48. The molecule has 7 heteroatoms. The van der Waals surface area contributed by atoms with Crippen LogP contribution < -0.4 is 10.7 Å². The van der Waals surface area contributed by atoms with E-state index in [-0.39, 0.29) is 19.0 Å². The molecule has 0 aliphatic carbocycles. The number of pyridine rings is 1. The predicted molar refractivity (Wildman–Crippen MR) is 69.1 cm³/mol. The second kappa shape index (κ2) is 5.66. The van der Waals surface area contributed by atoms with Crippen LogP contribution in [0.25, 0.3) is 0 Å². The average molecular weight is 264 g/mol. The molecule has 0 saturated carbocycles. The molecular formula is C12H16N4O3. The highest BCUT2D eigenvalue weighted by atomic mass is 16.5. The maximum atomic E-state index is 11.6. The third kappa shape index (κ3) is 3.19. The molecule has 0 aliphatic rings. The van der Waals surface area contributed by atoms with Gasteiger partial charge in [-0.05, 0) is 12.1 Å². The van der Waals surface area contributed by atoms with Crippen LogP contribution >= 0.6 is 0 Å². The molecule has 0 aliphatic heterocycles. The molecule has 0 amide bonds. The van der Waals surface area contributed by atoms with Gasteiger partial charge in [-0.25, -0.2) is 9.78 Å². The van der Waals surface area contributed by atoms with Crippen molar-refractivity contribution < 1.29 is 9.15 Å². The van der Waals surface area contributed by atoms with Gasteiger partial charge in [-0.2, -0.15) is 4.68 Å². The molecule has 0 fully saturated rings. The van der Waals surface area contributed by atoms with Crippen LogP contribution in [0.3, 0.4) is 0 Å². The lowest BCUT2D eigenvalue weighted by Gasteiger charge is -2.11. The Labute approximate surface area is 110 Å². The Kier molecular flexibility index (Phi) is 3.96. The van der Waals surface area contributed by atoms with Crippen molar-refractivity contribution in [3.8, 4) is 0 Å². The molecule has 0 radical (unpaired) electrons. The Balaban J connectivity index is 2.21. The zero-order valence-corrected chi connectivity index (χ0v) is 11.2. The van der Waals surface area contributed by atoms with Gasteiger partial charge in [-0.3, -0.25) is 0 Å². The van der Waals surface area contributed by atoms with Crippen molar-refractivity contribution in [3.63, 3.8) is 0 Å². The minimum absolute atomic E-state index is 0.174. The first-order valence-electron chi connectivity index (χ1n) is 5.79. The van der Waals surface area contributed by atoms with E-state index < -0.39 is 5.76 Å². The summed E-state index contributed by atoms with van der Waals surface area (Å²) in [7, 11) is 5.33. The topological polar surface area (TPSA) is 73.4 Å². The van der Waals surface area contributed by atoms with Gasteiger partial charge < -0.3 is 14.1 Å². The molecular weight excluding hydrogens is 248 g/mol. The Morgan fingerprint density at radius 3 is 2.89 bits per heavy atom. The zero-order valence-electron chi connectivity index (χ0n) is 11.2. The third-order valence-electron chi connectivity index (χ3n) is 2.48. The van der Waals surface area contributed by atoms with Gasteiger partial charge in [0.15, 0.2) is 0 Å². The van der Waals surface area contributed by atoms with E-state index in [1.807, 2.05) is 37.2 Å². The largest absolute Gasteiger partial charge is 0.437 e. The van der Waals surface area contributed by atoms with Crippen LogP contribution in [0.2, 0.25) is 0 Å². The van der Waals surface area contributed by atoms with Crippen molar-refractivity contribution in [1.29, 1.82) is 0 Å². The van der Waals surface area contributed by atoms with Crippen LogP contribution in [0.1, 0.15) is 11.6 Å². The lowest BCUT2D eigenvalue weighted by molar-refractivity contribution is 0.158. The average Bonchev–Trinajstić information content (AvgIpc) is 2.70. The standard InChI is InChI=1S/C12H16N4O3/c1-15(2)10-6-4-5-9(13-10)7-16-12(17)19-11(14-16)8-18-3/h4-6H,7-8H2,1-3H3. The molecule has 7 nitrogen and oxygen atoms in total. The van der Waals surface area contributed by atoms with Crippen LogP contribution in [0.5, 0.6) is 0 Å². The lowest BCUT2D eigenvalue weighted by atomic mass is 10.3. The second-order valence-corrected chi connectivity index (χ2v) is 4.23. The highest BCUT2D eigenvalue weighted by Crippen LogP contribution is 2.08. The lowest BCUT2D eigenvalue weighted by Crippen LogP contribution is -2.18. The zero-order chi connectivity index (χ0) is 13.8. The van der Waals surface area contributed by atoms with Gasteiger partial charge in [0.2, 0.25) is 5.89 Å². The number of rotatable bonds is 5. The summed E-state index contributed by atoms with van der Waals surface area (Å²) in [6, 6.07) is 5.62. The quantitative estimate of drug-likeness (QED) is 0.782. The summed E-state index contributed by atoms with van der Waals surface area (Å²) in [5, 5.41) is 4.03. The summed E-state index contributed by atoms with van der Waals surface area (Å²) in [5.41, 5.74) is 0.741. The molecule has 0 bridgehead atoms. The monoisotopic (exact) mass is 264 g/mol. The molecule has 2 rings (SSSR count). The number of aromatic nitrogens is 3. The highest BCUT2D eigenvalue weighted by molar-refractivity contribution is 5.36. The van der Waals surface area contributed by atoms with Gasteiger partial charge in [-0.15, -0.1) is 5.10 Å². The minimum atomic E-state index is -0.510. The van der Waals surface area contributed by atoms with Crippen molar-refractivity contribution in [2.24, 2.45) is 0 Å². The first-order chi connectivity index (χ1) is 9.10. The molecule has 2 aromatic heterocycles. The fourth-order valence-electron chi connectivity index (χ4n) is 1.59. The van der Waals surface area contributed by atoms with Gasteiger partial charge in [-0.1, -0.05) is 6.07 Å². The second-order valence-electron chi connectivity index (χ2n) is 4.23. The summed E-state index contributed by atoms with van der Waals surface area (Å²) in [5.74, 6) is 0.575. The summed E-state index contributed by atoms with van der Waals surface area (Å²) >= 11 is 0. The van der Waals surface area contributed by atoms with Crippen molar-refractivity contribution in [2.45, 2.75) is 13.2 Å². The maximum Gasteiger partial charge on any atom is 0.437 e. The van der Waals surface area contributed by atoms with Gasteiger partial charge in [0.1, 0.15) is 12.4 Å². The van der Waals surface area contributed by atoms with Crippen LogP contribution in [0.4, 0.5) is 5.82 Å². The predicted octanol–water partition coefficient (Wildman–Crippen LogP) is 0.492. The first-order valence-corrected chi connectivity index (χ1v) is 5.79. The van der Waals surface area contributed by atoms with E-state index in [1.165, 1.54) is 11.8 Å². The van der Waals surface area contributed by atoms with Crippen molar-refractivity contribution in [2.75, 3.05) is 26.1 Å². The van der Waals surface area contributed by atoms with Gasteiger partial charge in [0.05, 0.1) is 12.2 Å². The summed E-state index contributed by atoms with van der Waals surface area (Å²) in [6.45, 7) is 0.446. The van der Waals surface area contributed by atoms with E-state index >= 15 is 0 Å². The number of anilines is 1.